The molecule has 1 heterocycles. The maximum Gasteiger partial charge on any atom is 0.274 e. The van der Waals surface area contributed by atoms with Gasteiger partial charge >= 0.3 is 0 Å². The van der Waals surface area contributed by atoms with Crippen molar-refractivity contribution in [2.75, 3.05) is 0 Å². The van der Waals surface area contributed by atoms with Crippen LogP contribution in [0.25, 0.3) is 0 Å². The molecule has 1 rings (SSSR count). The minimum atomic E-state index is -0.737. The van der Waals surface area contributed by atoms with Gasteiger partial charge in [0.15, 0.2) is 5.69 Å². The van der Waals surface area contributed by atoms with Crippen LogP contribution in [-0.4, -0.2) is 21.6 Å². The van der Waals surface area contributed by atoms with Crippen LogP contribution < -0.4 is 11.1 Å². The van der Waals surface area contributed by atoms with E-state index in [2.05, 4.69) is 10.5 Å². The molecule has 3 N–H and O–H groups in total. The van der Waals surface area contributed by atoms with Crippen LogP contribution in [0.5, 0.6) is 0 Å². The van der Waals surface area contributed by atoms with Gasteiger partial charge in [0.05, 0.1) is 10.5 Å². The highest BCUT2D eigenvalue weighted by atomic mass is 32.1. The minimum absolute atomic E-state index is 0.219. The summed E-state index contributed by atoms with van der Waals surface area (Å²) in [4.78, 5) is 11.8. The van der Waals surface area contributed by atoms with Crippen molar-refractivity contribution < 1.29 is 9.32 Å². The van der Waals surface area contributed by atoms with Crippen LogP contribution in [0.3, 0.4) is 0 Å². The quantitative estimate of drug-likeness (QED) is 0.746. The van der Waals surface area contributed by atoms with Crippen LogP contribution in [-0.2, 0) is 0 Å². The van der Waals surface area contributed by atoms with Crippen LogP contribution in [0, 0.1) is 6.92 Å². The zero-order chi connectivity index (χ0) is 11.6. The molecule has 0 saturated heterocycles. The number of carbonyl (C=O) groups excluding carboxylic acids is 1. The summed E-state index contributed by atoms with van der Waals surface area (Å²) in [6.07, 6.45) is 0. The summed E-state index contributed by atoms with van der Waals surface area (Å²) >= 11 is 4.82. The first-order valence-electron chi connectivity index (χ1n) is 4.38. The number of carbonyl (C=O) groups is 1. The van der Waals surface area contributed by atoms with Gasteiger partial charge in [0, 0.05) is 6.07 Å². The molecule has 0 bridgehead atoms. The highest BCUT2D eigenvalue weighted by molar-refractivity contribution is 7.80. The Morgan fingerprint density at radius 1 is 1.67 bits per heavy atom. The molecular formula is C9H13N3O2S. The van der Waals surface area contributed by atoms with Gasteiger partial charge in [-0.2, -0.15) is 0 Å². The number of hydrogen-bond acceptors (Lipinski definition) is 4. The maximum atomic E-state index is 11.6. The second-order valence-corrected chi connectivity index (χ2v) is 4.21. The van der Waals surface area contributed by atoms with Crippen molar-refractivity contribution in [2.45, 2.75) is 26.3 Å². The number of hydrogen-bond donors (Lipinski definition) is 2. The average molecular weight is 227 g/mol. The van der Waals surface area contributed by atoms with Crippen molar-refractivity contribution in [1.82, 2.24) is 10.5 Å². The topological polar surface area (TPSA) is 81.2 Å². The summed E-state index contributed by atoms with van der Waals surface area (Å²) in [6.45, 7) is 5.16. The van der Waals surface area contributed by atoms with Gasteiger partial charge in [0.1, 0.15) is 5.76 Å². The second kappa shape index (κ2) is 3.98. The Hall–Kier alpha value is -1.43. The molecule has 1 amide bonds. The van der Waals surface area contributed by atoms with Gasteiger partial charge in [0.25, 0.3) is 5.91 Å². The van der Waals surface area contributed by atoms with Gasteiger partial charge in [-0.1, -0.05) is 17.4 Å². The van der Waals surface area contributed by atoms with Crippen LogP contribution in [0.15, 0.2) is 10.6 Å². The molecule has 0 radical (unpaired) electrons. The molecule has 0 spiro atoms. The smallest absolute Gasteiger partial charge is 0.274 e. The second-order valence-electron chi connectivity index (χ2n) is 3.77. The average Bonchev–Trinajstić information content (AvgIpc) is 2.50. The number of rotatable bonds is 3. The third kappa shape index (κ3) is 2.76. The van der Waals surface area contributed by atoms with E-state index in [9.17, 15) is 4.79 Å². The zero-order valence-corrected chi connectivity index (χ0v) is 9.64. The number of thiocarbonyl (C=S) groups is 1. The third-order valence-electron chi connectivity index (χ3n) is 1.90. The largest absolute Gasteiger partial charge is 0.391 e. The summed E-state index contributed by atoms with van der Waals surface area (Å²) in [6, 6.07) is 1.55. The molecule has 0 atom stereocenters. The molecule has 0 aliphatic heterocycles. The number of nitrogens with two attached hydrogens (primary N) is 1. The molecule has 1 aromatic rings. The van der Waals surface area contributed by atoms with Gasteiger partial charge < -0.3 is 15.6 Å². The lowest BCUT2D eigenvalue weighted by Gasteiger charge is -2.23. The van der Waals surface area contributed by atoms with Crippen molar-refractivity contribution in [3.63, 3.8) is 0 Å². The van der Waals surface area contributed by atoms with Crippen molar-refractivity contribution >= 4 is 23.1 Å². The molecule has 0 fully saturated rings. The summed E-state index contributed by atoms with van der Waals surface area (Å²) < 4.78 is 4.79. The van der Waals surface area contributed by atoms with E-state index in [-0.39, 0.29) is 16.6 Å². The molecule has 82 valence electrons. The number of aromatic nitrogens is 1. The van der Waals surface area contributed by atoms with Crippen LogP contribution >= 0.6 is 12.2 Å². The Labute approximate surface area is 93.0 Å². The molecule has 6 heteroatoms. The van der Waals surface area contributed by atoms with Crippen molar-refractivity contribution in [2.24, 2.45) is 5.73 Å². The number of nitrogens with zero attached hydrogens (tertiary/aromatic N) is 1. The van der Waals surface area contributed by atoms with Crippen LogP contribution in [0.2, 0.25) is 0 Å². The van der Waals surface area contributed by atoms with Crippen molar-refractivity contribution in [1.29, 1.82) is 0 Å². The Kier molecular flexibility index (Phi) is 3.09. The molecule has 1 aromatic heterocycles. The molecule has 0 aromatic carbocycles. The zero-order valence-electron chi connectivity index (χ0n) is 8.83. The normalized spacial score (nSPS) is 11.1. The molecule has 0 saturated carbocycles. The predicted octanol–water partition coefficient (Wildman–Crippen LogP) is 0.778. The van der Waals surface area contributed by atoms with E-state index in [1.54, 1.807) is 26.8 Å². The number of amides is 1. The lowest BCUT2D eigenvalue weighted by Crippen LogP contribution is -2.52. The summed E-state index contributed by atoms with van der Waals surface area (Å²) in [5.74, 6) is 0.220. The van der Waals surface area contributed by atoms with E-state index >= 15 is 0 Å². The van der Waals surface area contributed by atoms with E-state index in [4.69, 9.17) is 22.5 Å². The minimum Gasteiger partial charge on any atom is -0.391 e. The van der Waals surface area contributed by atoms with E-state index in [1.807, 2.05) is 0 Å². The van der Waals surface area contributed by atoms with Crippen molar-refractivity contribution in [3.05, 3.63) is 17.5 Å². The van der Waals surface area contributed by atoms with Crippen LogP contribution in [0.4, 0.5) is 0 Å². The molecule has 0 aliphatic rings. The number of aryl methyl sites for hydroxylation is 1. The van der Waals surface area contributed by atoms with Crippen LogP contribution in [0.1, 0.15) is 30.1 Å². The SMILES string of the molecule is Cc1cc(C(=O)NC(C)(C)C(N)=S)no1. The van der Waals surface area contributed by atoms with Gasteiger partial charge in [-0.25, -0.2) is 0 Å². The standard InChI is InChI=1S/C9H13N3O2S/c1-5-4-6(12-14-5)7(13)11-9(2,3)8(10)15/h4H,1-3H3,(H2,10,15)(H,11,13). The molecule has 5 nitrogen and oxygen atoms in total. The van der Waals surface area contributed by atoms with Crippen molar-refractivity contribution in [3.8, 4) is 0 Å². The summed E-state index contributed by atoms with van der Waals surface area (Å²) in [5.41, 5.74) is 4.96. The highest BCUT2D eigenvalue weighted by Gasteiger charge is 2.25. The van der Waals surface area contributed by atoms with Gasteiger partial charge in [-0.3, -0.25) is 4.79 Å². The summed E-state index contributed by atoms with van der Waals surface area (Å²) in [5, 5.41) is 6.25. The highest BCUT2D eigenvalue weighted by Crippen LogP contribution is 2.06. The first kappa shape index (κ1) is 11.6. The van der Waals surface area contributed by atoms with Gasteiger partial charge in [-0.15, -0.1) is 0 Å². The molecular weight excluding hydrogens is 214 g/mol. The van der Waals surface area contributed by atoms with Gasteiger partial charge in [0.2, 0.25) is 0 Å². The Bertz CT molecular complexity index is 398. The lowest BCUT2D eigenvalue weighted by molar-refractivity contribution is 0.0923. The Morgan fingerprint density at radius 3 is 2.67 bits per heavy atom. The third-order valence-corrected chi connectivity index (χ3v) is 2.41. The van der Waals surface area contributed by atoms with E-state index in [0.717, 1.165) is 0 Å². The van der Waals surface area contributed by atoms with E-state index in [0.29, 0.717) is 5.76 Å². The van der Waals surface area contributed by atoms with E-state index < -0.39 is 5.54 Å². The molecule has 15 heavy (non-hydrogen) atoms. The molecule has 0 unspecified atom stereocenters. The first-order chi connectivity index (χ1) is 6.83. The van der Waals surface area contributed by atoms with E-state index in [1.165, 1.54) is 0 Å². The fourth-order valence-electron chi connectivity index (χ4n) is 0.883. The number of nitrogens with one attached hydrogen (secondary N) is 1. The molecule has 0 aliphatic carbocycles. The Morgan fingerprint density at radius 2 is 2.27 bits per heavy atom. The fourth-order valence-corrected chi connectivity index (χ4v) is 0.934. The lowest BCUT2D eigenvalue weighted by atomic mass is 10.1. The van der Waals surface area contributed by atoms with Gasteiger partial charge in [-0.05, 0) is 20.8 Å². The monoisotopic (exact) mass is 227 g/mol. The maximum absolute atomic E-state index is 11.6. The fraction of sp³-hybridized carbons (Fsp3) is 0.444. The predicted molar refractivity (Wildman–Crippen MR) is 59.6 cm³/mol. The summed E-state index contributed by atoms with van der Waals surface area (Å²) in [7, 11) is 0. The Balaban J connectivity index is 2.76. The first-order valence-corrected chi connectivity index (χ1v) is 4.79.